The van der Waals surface area contributed by atoms with Gasteiger partial charge in [-0.2, -0.15) is 0 Å². The van der Waals surface area contributed by atoms with Crippen LogP contribution in [0.25, 0.3) is 0 Å². The van der Waals surface area contributed by atoms with E-state index in [-0.39, 0.29) is 6.42 Å². The van der Waals surface area contributed by atoms with Crippen LogP contribution in [-0.2, 0) is 9.53 Å². The van der Waals surface area contributed by atoms with Gasteiger partial charge in [0, 0.05) is 6.42 Å². The smallest absolute Gasteiger partial charge is 0.328 e. The van der Waals surface area contributed by atoms with Crippen molar-refractivity contribution in [1.82, 2.24) is 10.2 Å². The fourth-order valence-electron chi connectivity index (χ4n) is 2.11. The zero-order valence-corrected chi connectivity index (χ0v) is 11.7. The molecule has 108 valence electrons. The number of amides is 3. The van der Waals surface area contributed by atoms with E-state index in [2.05, 4.69) is 21.2 Å². The highest BCUT2D eigenvalue weighted by Gasteiger charge is 2.53. The van der Waals surface area contributed by atoms with Crippen LogP contribution in [0, 0.1) is 0 Å². The van der Waals surface area contributed by atoms with E-state index in [1.165, 1.54) is 6.92 Å². The van der Waals surface area contributed by atoms with Crippen molar-refractivity contribution in [2.24, 2.45) is 0 Å². The van der Waals surface area contributed by atoms with E-state index in [4.69, 9.17) is 9.84 Å². The van der Waals surface area contributed by atoms with Gasteiger partial charge in [-0.1, -0.05) is 15.9 Å². The van der Waals surface area contributed by atoms with Crippen molar-refractivity contribution in [3.8, 4) is 0 Å². The predicted molar refractivity (Wildman–Crippen MR) is 65.1 cm³/mol. The Bertz CT molecular complexity index is 403. The highest BCUT2D eigenvalue weighted by Crippen LogP contribution is 2.33. The summed E-state index contributed by atoms with van der Waals surface area (Å²) in [7, 11) is 0. The molecule has 0 aliphatic carbocycles. The number of ether oxygens (including phenoxy) is 1. The number of aliphatic hydroxyl groups excluding tert-OH is 3. The molecule has 5 atom stereocenters. The lowest BCUT2D eigenvalue weighted by molar-refractivity contribution is -0.147. The summed E-state index contributed by atoms with van der Waals surface area (Å²) in [4.78, 5) is 24.3. The second kappa shape index (κ2) is 4.98. The Hall–Kier alpha value is -0.740. The maximum absolute atomic E-state index is 11.8. The number of urea groups is 1. The molecule has 3 amide bonds. The van der Waals surface area contributed by atoms with Crippen LogP contribution in [0.1, 0.15) is 13.3 Å². The molecule has 2 aliphatic heterocycles. The molecule has 2 unspecified atom stereocenters. The Balaban J connectivity index is 2.20. The molecule has 2 fully saturated rings. The van der Waals surface area contributed by atoms with Gasteiger partial charge in [-0.25, -0.2) is 4.79 Å². The maximum atomic E-state index is 11.8. The zero-order chi connectivity index (χ0) is 14.4. The first kappa shape index (κ1) is 14.7. The number of hydrogen-bond acceptors (Lipinski definition) is 6. The molecule has 0 bridgehead atoms. The third kappa shape index (κ3) is 2.36. The average molecular weight is 339 g/mol. The Morgan fingerprint density at radius 2 is 2.16 bits per heavy atom. The highest BCUT2D eigenvalue weighted by atomic mass is 79.9. The van der Waals surface area contributed by atoms with Crippen molar-refractivity contribution in [3.63, 3.8) is 0 Å². The average Bonchev–Trinajstić information content (AvgIpc) is 2.68. The molecule has 0 radical (unpaired) electrons. The number of imide groups is 1. The lowest BCUT2D eigenvalue weighted by Gasteiger charge is -2.42. The number of nitrogens with one attached hydrogen (secondary N) is 1. The number of carbonyl (C=O) groups is 2. The quantitative estimate of drug-likeness (QED) is 0.454. The number of carbonyl (C=O) groups excluding carboxylic acids is 2. The van der Waals surface area contributed by atoms with Gasteiger partial charge in [0.25, 0.3) is 0 Å². The summed E-state index contributed by atoms with van der Waals surface area (Å²) in [5.41, 5.74) is 0. The largest absolute Gasteiger partial charge is 0.394 e. The summed E-state index contributed by atoms with van der Waals surface area (Å²) in [6, 6.07) is -0.801. The summed E-state index contributed by atoms with van der Waals surface area (Å²) >= 11 is 3.06. The van der Waals surface area contributed by atoms with Gasteiger partial charge in [-0.3, -0.25) is 15.0 Å². The van der Waals surface area contributed by atoms with Crippen molar-refractivity contribution in [2.75, 3.05) is 6.61 Å². The van der Waals surface area contributed by atoms with E-state index in [0.717, 1.165) is 4.90 Å². The van der Waals surface area contributed by atoms with Crippen molar-refractivity contribution >= 4 is 27.9 Å². The van der Waals surface area contributed by atoms with Crippen LogP contribution in [0.2, 0.25) is 0 Å². The molecule has 2 rings (SSSR count). The molecule has 2 saturated heterocycles. The Kier molecular flexibility index (Phi) is 3.85. The highest BCUT2D eigenvalue weighted by molar-refractivity contribution is 9.10. The third-order valence-electron chi connectivity index (χ3n) is 3.34. The topological polar surface area (TPSA) is 119 Å². The molecule has 4 N–H and O–H groups in total. The zero-order valence-electron chi connectivity index (χ0n) is 10.1. The number of alkyl halides is 1. The molecule has 0 saturated carbocycles. The normalized spacial score (nSPS) is 43.5. The molecule has 0 aromatic rings. The number of nitrogens with zero attached hydrogens (tertiary/aromatic N) is 1. The van der Waals surface area contributed by atoms with Crippen LogP contribution < -0.4 is 5.32 Å². The van der Waals surface area contributed by atoms with Crippen molar-refractivity contribution in [3.05, 3.63) is 0 Å². The van der Waals surface area contributed by atoms with E-state index >= 15 is 0 Å². The first-order valence-electron chi connectivity index (χ1n) is 5.74. The number of aliphatic hydroxyl groups is 3. The van der Waals surface area contributed by atoms with Gasteiger partial charge in [0.05, 0.1) is 12.7 Å². The molecule has 0 spiro atoms. The van der Waals surface area contributed by atoms with E-state index < -0.39 is 47.5 Å². The Morgan fingerprint density at radius 1 is 1.53 bits per heavy atom. The second-order valence-corrected chi connectivity index (χ2v) is 6.38. The lowest BCUT2D eigenvalue weighted by atomic mass is 10.1. The van der Waals surface area contributed by atoms with Crippen LogP contribution in [-0.4, -0.2) is 67.8 Å². The lowest BCUT2D eigenvalue weighted by Crippen LogP contribution is -2.68. The van der Waals surface area contributed by atoms with Gasteiger partial charge in [0.2, 0.25) is 5.91 Å². The summed E-state index contributed by atoms with van der Waals surface area (Å²) < 4.78 is 3.94. The van der Waals surface area contributed by atoms with E-state index in [0.29, 0.717) is 0 Å². The van der Waals surface area contributed by atoms with Crippen molar-refractivity contribution in [1.29, 1.82) is 0 Å². The van der Waals surface area contributed by atoms with Crippen LogP contribution in [0.15, 0.2) is 0 Å². The number of halogens is 1. The predicted octanol–water partition coefficient (Wildman–Crippen LogP) is -1.52. The summed E-state index contributed by atoms with van der Waals surface area (Å²) in [6.07, 6.45) is -4.05. The number of rotatable bonds is 2. The standard InChI is InChI=1S/C10H15BrN2O6/c1-10(11)7(16)12-9(18)13(8(10)17)6-2-4(15)5(3-14)19-6/h4-6,8,14-15,17H,2-3H2,1H3,(H,12,16,18)/t4-,5+,6+,8?,10?/m0/s1. The summed E-state index contributed by atoms with van der Waals surface area (Å²) in [5.74, 6) is -0.654. The van der Waals surface area contributed by atoms with Gasteiger partial charge < -0.3 is 20.1 Å². The molecule has 2 aliphatic rings. The first-order valence-corrected chi connectivity index (χ1v) is 6.53. The van der Waals surface area contributed by atoms with Crippen LogP contribution in [0.5, 0.6) is 0 Å². The summed E-state index contributed by atoms with van der Waals surface area (Å²) in [5, 5.41) is 30.8. The maximum Gasteiger partial charge on any atom is 0.328 e. The number of hydrogen-bond donors (Lipinski definition) is 4. The minimum absolute atomic E-state index is 0.0486. The van der Waals surface area contributed by atoms with Gasteiger partial charge >= 0.3 is 6.03 Å². The van der Waals surface area contributed by atoms with Gasteiger partial charge in [-0.15, -0.1) is 0 Å². The van der Waals surface area contributed by atoms with Gasteiger partial charge in [0.1, 0.15) is 16.7 Å². The summed E-state index contributed by atoms with van der Waals surface area (Å²) in [6.45, 7) is 1.02. The molecular weight excluding hydrogens is 324 g/mol. The third-order valence-corrected chi connectivity index (χ3v) is 4.11. The second-order valence-electron chi connectivity index (χ2n) is 4.73. The molecule has 2 heterocycles. The van der Waals surface area contributed by atoms with Gasteiger partial charge in [0.15, 0.2) is 6.23 Å². The minimum atomic E-state index is -1.44. The van der Waals surface area contributed by atoms with Crippen LogP contribution >= 0.6 is 15.9 Å². The molecule has 19 heavy (non-hydrogen) atoms. The minimum Gasteiger partial charge on any atom is -0.394 e. The van der Waals surface area contributed by atoms with E-state index in [1.807, 2.05) is 0 Å². The first-order chi connectivity index (χ1) is 8.78. The van der Waals surface area contributed by atoms with E-state index in [9.17, 15) is 19.8 Å². The molecule has 0 aromatic heterocycles. The molecule has 9 heteroatoms. The van der Waals surface area contributed by atoms with Gasteiger partial charge in [-0.05, 0) is 6.92 Å². The van der Waals surface area contributed by atoms with Crippen molar-refractivity contribution in [2.45, 2.75) is 42.3 Å². The Labute approximate surface area is 117 Å². The molecule has 8 nitrogen and oxygen atoms in total. The van der Waals surface area contributed by atoms with E-state index in [1.54, 1.807) is 0 Å². The molecule has 0 aromatic carbocycles. The SMILES string of the molecule is CC1(Br)C(=O)NC(=O)N([C@H]2C[C@H](O)[C@@H](CO)O2)C1O. The van der Waals surface area contributed by atoms with Crippen molar-refractivity contribution < 1.29 is 29.6 Å². The van der Waals surface area contributed by atoms with Crippen LogP contribution in [0.3, 0.4) is 0 Å². The molecular formula is C10H15BrN2O6. The fourth-order valence-corrected chi connectivity index (χ4v) is 2.43. The Morgan fingerprint density at radius 3 is 2.68 bits per heavy atom. The monoisotopic (exact) mass is 338 g/mol. The van der Waals surface area contributed by atoms with Crippen LogP contribution in [0.4, 0.5) is 4.79 Å². The fraction of sp³-hybridized carbons (Fsp3) is 0.800.